The molecule has 0 spiro atoms. The van der Waals surface area contributed by atoms with Crippen molar-refractivity contribution >= 4 is 5.82 Å². The molecule has 2 aromatic rings. The van der Waals surface area contributed by atoms with Crippen LogP contribution in [0, 0.1) is 11.3 Å². The molecule has 3 heterocycles. The van der Waals surface area contributed by atoms with E-state index in [1.54, 1.807) is 24.5 Å². The summed E-state index contributed by atoms with van der Waals surface area (Å²) in [6.07, 6.45) is 4.51. The summed E-state index contributed by atoms with van der Waals surface area (Å²) >= 11 is 0. The van der Waals surface area contributed by atoms with Gasteiger partial charge in [-0.15, -0.1) is 0 Å². The summed E-state index contributed by atoms with van der Waals surface area (Å²) in [5.41, 5.74) is 1.60. The maximum absolute atomic E-state index is 9.22. The van der Waals surface area contributed by atoms with E-state index in [-0.39, 0.29) is 6.10 Å². The van der Waals surface area contributed by atoms with E-state index in [1.165, 1.54) is 0 Å². The second-order valence-electron chi connectivity index (χ2n) is 6.18. The Labute approximate surface area is 142 Å². The number of anilines is 1. The fourth-order valence-corrected chi connectivity index (χ4v) is 2.89. The van der Waals surface area contributed by atoms with Crippen molar-refractivity contribution in [3.63, 3.8) is 0 Å². The number of aromatic nitrogens is 2. The molecule has 6 nitrogen and oxygen atoms in total. The van der Waals surface area contributed by atoms with Gasteiger partial charge in [0, 0.05) is 38.0 Å². The quantitative estimate of drug-likeness (QED) is 0.839. The molecule has 0 N–H and O–H groups in total. The smallest absolute Gasteiger partial charge is 0.146 e. The van der Waals surface area contributed by atoms with Crippen molar-refractivity contribution in [1.29, 1.82) is 5.26 Å². The Morgan fingerprint density at radius 2 is 2.21 bits per heavy atom. The van der Waals surface area contributed by atoms with Gasteiger partial charge in [0.05, 0.1) is 17.8 Å². The minimum atomic E-state index is 0.0909. The first-order valence-corrected chi connectivity index (χ1v) is 8.02. The second kappa shape index (κ2) is 7.28. The SMILES string of the molecule is CN(C)Cc1cc(OC2CCN(c3ncccc3C#N)C2)ccn1. The van der Waals surface area contributed by atoms with Gasteiger partial charge in [0.25, 0.3) is 0 Å². The molecule has 1 unspecified atom stereocenters. The third-order valence-corrected chi connectivity index (χ3v) is 3.92. The molecule has 1 aliphatic rings. The number of hydrogen-bond acceptors (Lipinski definition) is 6. The number of pyridine rings is 2. The molecule has 24 heavy (non-hydrogen) atoms. The molecule has 1 saturated heterocycles. The lowest BCUT2D eigenvalue weighted by Crippen LogP contribution is -2.26. The van der Waals surface area contributed by atoms with E-state index in [9.17, 15) is 5.26 Å². The van der Waals surface area contributed by atoms with Gasteiger partial charge >= 0.3 is 0 Å². The Bertz CT molecular complexity index is 740. The first kappa shape index (κ1) is 16.2. The summed E-state index contributed by atoms with van der Waals surface area (Å²) in [4.78, 5) is 12.9. The molecule has 0 amide bonds. The van der Waals surface area contributed by atoms with Crippen LogP contribution in [0.1, 0.15) is 17.7 Å². The minimum absolute atomic E-state index is 0.0909. The molecule has 2 aromatic heterocycles. The van der Waals surface area contributed by atoms with Gasteiger partial charge in [-0.3, -0.25) is 4.98 Å². The molecule has 0 aliphatic carbocycles. The van der Waals surface area contributed by atoms with Crippen LogP contribution in [-0.4, -0.2) is 48.2 Å². The van der Waals surface area contributed by atoms with Crippen molar-refractivity contribution < 1.29 is 4.74 Å². The molecule has 0 saturated carbocycles. The Morgan fingerprint density at radius 1 is 1.33 bits per heavy atom. The number of rotatable bonds is 5. The Balaban J connectivity index is 1.65. The van der Waals surface area contributed by atoms with Gasteiger partial charge in [-0.1, -0.05) is 0 Å². The normalized spacial score (nSPS) is 17.1. The molecule has 1 atom stereocenters. The van der Waals surface area contributed by atoms with E-state index >= 15 is 0 Å². The first-order valence-electron chi connectivity index (χ1n) is 8.02. The first-order chi connectivity index (χ1) is 11.7. The number of ether oxygens (including phenoxy) is 1. The second-order valence-corrected chi connectivity index (χ2v) is 6.18. The Kier molecular flexibility index (Phi) is 4.92. The average Bonchev–Trinajstić information content (AvgIpc) is 3.03. The van der Waals surface area contributed by atoms with Crippen LogP contribution in [0.4, 0.5) is 5.82 Å². The highest BCUT2D eigenvalue weighted by Gasteiger charge is 2.26. The summed E-state index contributed by atoms with van der Waals surface area (Å²) in [5, 5.41) is 9.22. The highest BCUT2D eigenvalue weighted by atomic mass is 16.5. The van der Waals surface area contributed by atoms with Crippen LogP contribution in [0.5, 0.6) is 5.75 Å². The molecular formula is C18H21N5O. The third kappa shape index (κ3) is 3.81. The molecule has 6 heteroatoms. The molecule has 1 fully saturated rings. The predicted octanol–water partition coefficient (Wildman–Crippen LogP) is 2.07. The van der Waals surface area contributed by atoms with Crippen molar-refractivity contribution in [3.8, 4) is 11.8 Å². The van der Waals surface area contributed by atoms with E-state index in [0.29, 0.717) is 5.56 Å². The summed E-state index contributed by atoms with van der Waals surface area (Å²) in [6.45, 7) is 2.36. The van der Waals surface area contributed by atoms with E-state index < -0.39 is 0 Å². The maximum Gasteiger partial charge on any atom is 0.146 e. The van der Waals surface area contributed by atoms with Gasteiger partial charge in [-0.25, -0.2) is 4.98 Å². The summed E-state index contributed by atoms with van der Waals surface area (Å²) < 4.78 is 6.11. The van der Waals surface area contributed by atoms with Crippen LogP contribution in [0.2, 0.25) is 0 Å². The standard InChI is InChI=1S/C18H21N5O/c1-22(2)12-15-10-16(5-8-20-15)24-17-6-9-23(13-17)18-14(11-19)4-3-7-21-18/h3-5,7-8,10,17H,6,9,12-13H2,1-2H3. The molecule has 0 bridgehead atoms. The van der Waals surface area contributed by atoms with Gasteiger partial charge in [0.1, 0.15) is 23.7 Å². The van der Waals surface area contributed by atoms with Crippen LogP contribution in [0.25, 0.3) is 0 Å². The van der Waals surface area contributed by atoms with Crippen molar-refractivity contribution in [2.45, 2.75) is 19.1 Å². The van der Waals surface area contributed by atoms with Crippen molar-refractivity contribution in [1.82, 2.24) is 14.9 Å². The van der Waals surface area contributed by atoms with Gasteiger partial charge in [-0.05, 0) is 32.3 Å². The van der Waals surface area contributed by atoms with E-state index in [0.717, 1.165) is 43.3 Å². The molecule has 124 valence electrons. The zero-order valence-electron chi connectivity index (χ0n) is 14.0. The van der Waals surface area contributed by atoms with Crippen molar-refractivity contribution in [2.75, 3.05) is 32.1 Å². The average molecular weight is 323 g/mol. The maximum atomic E-state index is 9.22. The Hall–Kier alpha value is -2.65. The molecule has 0 radical (unpaired) electrons. The van der Waals surface area contributed by atoms with Crippen LogP contribution < -0.4 is 9.64 Å². The lowest BCUT2D eigenvalue weighted by molar-refractivity contribution is 0.224. The van der Waals surface area contributed by atoms with Gasteiger partial charge in [-0.2, -0.15) is 5.26 Å². The van der Waals surface area contributed by atoms with Crippen molar-refractivity contribution in [2.24, 2.45) is 0 Å². The lowest BCUT2D eigenvalue weighted by Gasteiger charge is -2.19. The largest absolute Gasteiger partial charge is 0.488 e. The number of hydrogen-bond donors (Lipinski definition) is 0. The predicted molar refractivity (Wildman–Crippen MR) is 91.8 cm³/mol. The molecule has 1 aliphatic heterocycles. The summed E-state index contributed by atoms with van der Waals surface area (Å²) in [6, 6.07) is 9.67. The molecule has 3 rings (SSSR count). The highest BCUT2D eigenvalue weighted by molar-refractivity contribution is 5.54. The van der Waals surface area contributed by atoms with Gasteiger partial charge in [0.2, 0.25) is 0 Å². The van der Waals surface area contributed by atoms with Crippen LogP contribution in [0.15, 0.2) is 36.7 Å². The topological polar surface area (TPSA) is 65.3 Å². The third-order valence-electron chi connectivity index (χ3n) is 3.92. The van der Waals surface area contributed by atoms with Gasteiger partial charge < -0.3 is 14.5 Å². The zero-order valence-corrected chi connectivity index (χ0v) is 14.0. The van der Waals surface area contributed by atoms with Gasteiger partial charge in [0.15, 0.2) is 0 Å². The van der Waals surface area contributed by atoms with E-state index in [1.807, 2.05) is 26.2 Å². The summed E-state index contributed by atoms with van der Waals surface area (Å²) in [5.74, 6) is 1.59. The lowest BCUT2D eigenvalue weighted by atomic mass is 10.2. The summed E-state index contributed by atoms with van der Waals surface area (Å²) in [7, 11) is 4.04. The number of nitrogens with zero attached hydrogens (tertiary/aromatic N) is 5. The van der Waals surface area contributed by atoms with Crippen LogP contribution in [0.3, 0.4) is 0 Å². The fourth-order valence-electron chi connectivity index (χ4n) is 2.89. The van der Waals surface area contributed by atoms with E-state index in [4.69, 9.17) is 4.74 Å². The zero-order chi connectivity index (χ0) is 16.9. The molecule has 0 aromatic carbocycles. The van der Waals surface area contributed by atoms with E-state index in [2.05, 4.69) is 25.8 Å². The molecular weight excluding hydrogens is 302 g/mol. The monoisotopic (exact) mass is 323 g/mol. The van der Waals surface area contributed by atoms with Crippen LogP contribution in [-0.2, 0) is 6.54 Å². The number of nitriles is 1. The van der Waals surface area contributed by atoms with Crippen LogP contribution >= 0.6 is 0 Å². The van der Waals surface area contributed by atoms with Crippen molar-refractivity contribution in [3.05, 3.63) is 47.9 Å². The highest BCUT2D eigenvalue weighted by Crippen LogP contribution is 2.24. The Morgan fingerprint density at radius 3 is 3.00 bits per heavy atom. The fraction of sp³-hybridized carbons (Fsp3) is 0.389. The minimum Gasteiger partial charge on any atom is -0.488 e.